The van der Waals surface area contributed by atoms with Gasteiger partial charge in [-0.25, -0.2) is 4.39 Å². The van der Waals surface area contributed by atoms with Gasteiger partial charge in [0.15, 0.2) is 0 Å². The van der Waals surface area contributed by atoms with Gasteiger partial charge in [-0.3, -0.25) is 0 Å². The molecule has 0 radical (unpaired) electrons. The molecule has 0 saturated carbocycles. The molecule has 0 amide bonds. The molecule has 1 nitrogen and oxygen atoms in total. The van der Waals surface area contributed by atoms with E-state index in [1.54, 1.807) is 13.0 Å². The van der Waals surface area contributed by atoms with Crippen molar-refractivity contribution in [1.82, 2.24) is 0 Å². The molecule has 2 heteroatoms. The van der Waals surface area contributed by atoms with Crippen LogP contribution in [-0.4, -0.2) is 11.8 Å². The van der Waals surface area contributed by atoms with Gasteiger partial charge >= 0.3 is 0 Å². The van der Waals surface area contributed by atoms with Crippen LogP contribution in [0, 0.1) is 0 Å². The fourth-order valence-corrected chi connectivity index (χ4v) is 0.318. The third-order valence-corrected chi connectivity index (χ3v) is 0.624. The van der Waals surface area contributed by atoms with Gasteiger partial charge in [-0.05, 0) is 19.1 Å². The van der Waals surface area contributed by atoms with E-state index < -0.39 is 6.67 Å². The highest BCUT2D eigenvalue weighted by atomic mass is 19.1. The molecular formula is C6H9FO. The number of allylic oxidation sites excluding steroid dienone is 3. The second-order valence-electron chi connectivity index (χ2n) is 1.28. The van der Waals surface area contributed by atoms with Crippen LogP contribution in [0.25, 0.3) is 0 Å². The maximum Gasteiger partial charge on any atom is 0.113 e. The Morgan fingerprint density at radius 3 is 2.75 bits per heavy atom. The summed E-state index contributed by atoms with van der Waals surface area (Å²) >= 11 is 0. The van der Waals surface area contributed by atoms with Gasteiger partial charge in [0.05, 0.1) is 0 Å². The first-order valence-corrected chi connectivity index (χ1v) is 2.39. The van der Waals surface area contributed by atoms with Gasteiger partial charge in [0.25, 0.3) is 0 Å². The fraction of sp³-hybridized carbons (Fsp3) is 0.333. The third-order valence-electron chi connectivity index (χ3n) is 0.624. The number of hydrogen-bond donors (Lipinski definition) is 1. The summed E-state index contributed by atoms with van der Waals surface area (Å²) < 4.78 is 11.3. The second-order valence-corrected chi connectivity index (χ2v) is 1.28. The van der Waals surface area contributed by atoms with Gasteiger partial charge in [-0.2, -0.15) is 0 Å². The summed E-state index contributed by atoms with van der Waals surface area (Å²) in [4.78, 5) is 0. The van der Waals surface area contributed by atoms with Crippen LogP contribution < -0.4 is 0 Å². The maximum atomic E-state index is 11.3. The van der Waals surface area contributed by atoms with E-state index in [1.165, 1.54) is 6.08 Å². The Morgan fingerprint density at radius 2 is 2.38 bits per heavy atom. The average molecular weight is 116 g/mol. The van der Waals surface area contributed by atoms with Gasteiger partial charge < -0.3 is 5.11 Å². The van der Waals surface area contributed by atoms with E-state index >= 15 is 0 Å². The van der Waals surface area contributed by atoms with E-state index in [4.69, 9.17) is 5.11 Å². The van der Waals surface area contributed by atoms with Crippen LogP contribution in [0.3, 0.4) is 0 Å². The molecule has 0 spiro atoms. The van der Waals surface area contributed by atoms with Crippen LogP contribution >= 0.6 is 0 Å². The molecule has 0 aromatic rings. The molecule has 0 atom stereocenters. The molecule has 8 heavy (non-hydrogen) atoms. The first-order valence-electron chi connectivity index (χ1n) is 2.39. The number of alkyl halides is 1. The van der Waals surface area contributed by atoms with Gasteiger partial charge in [0.1, 0.15) is 12.4 Å². The monoisotopic (exact) mass is 116 g/mol. The minimum Gasteiger partial charge on any atom is -0.508 e. The van der Waals surface area contributed by atoms with Crippen molar-refractivity contribution in [3.63, 3.8) is 0 Å². The highest BCUT2D eigenvalue weighted by Gasteiger charge is 1.78. The van der Waals surface area contributed by atoms with E-state index in [9.17, 15) is 4.39 Å². The maximum absolute atomic E-state index is 11.3. The lowest BCUT2D eigenvalue weighted by molar-refractivity contribution is 0.423. The summed E-state index contributed by atoms with van der Waals surface area (Å²) in [6.45, 7) is 1.14. The molecule has 0 unspecified atom stereocenters. The highest BCUT2D eigenvalue weighted by molar-refractivity contribution is 5.08. The van der Waals surface area contributed by atoms with Crippen LogP contribution in [0.5, 0.6) is 0 Å². The standard InChI is InChI=1S/C6H9FO/c1-2-3-6(8)4-5-7/h2-4,8H,5H2,1H3/b3-2-,6-4+. The van der Waals surface area contributed by atoms with Crippen molar-refractivity contribution < 1.29 is 9.50 Å². The lowest BCUT2D eigenvalue weighted by atomic mass is 10.4. The lowest BCUT2D eigenvalue weighted by Crippen LogP contribution is -1.73. The van der Waals surface area contributed by atoms with Gasteiger partial charge in [-0.15, -0.1) is 0 Å². The zero-order valence-corrected chi connectivity index (χ0v) is 4.76. The van der Waals surface area contributed by atoms with Gasteiger partial charge in [0.2, 0.25) is 0 Å². The molecule has 0 saturated heterocycles. The van der Waals surface area contributed by atoms with Crippen molar-refractivity contribution in [3.8, 4) is 0 Å². The Balaban J connectivity index is 3.61. The number of aliphatic hydroxyl groups is 1. The quantitative estimate of drug-likeness (QED) is 0.432. The van der Waals surface area contributed by atoms with Crippen molar-refractivity contribution in [2.24, 2.45) is 0 Å². The Bertz CT molecular complexity index is 105. The summed E-state index contributed by atoms with van der Waals surface area (Å²) in [6.07, 6.45) is 4.17. The van der Waals surface area contributed by atoms with Crippen molar-refractivity contribution >= 4 is 0 Å². The van der Waals surface area contributed by atoms with Gasteiger partial charge in [0, 0.05) is 0 Å². The summed E-state index contributed by atoms with van der Waals surface area (Å²) in [5.74, 6) is -0.0185. The first-order chi connectivity index (χ1) is 3.81. The van der Waals surface area contributed by atoms with E-state index in [0.717, 1.165) is 6.08 Å². The minimum absolute atomic E-state index is 0.0185. The normalized spacial score (nSPS) is 13.0. The van der Waals surface area contributed by atoms with Gasteiger partial charge in [-0.1, -0.05) is 6.08 Å². The van der Waals surface area contributed by atoms with Crippen LogP contribution in [0.1, 0.15) is 6.92 Å². The average Bonchev–Trinajstić information content (AvgIpc) is 1.68. The first kappa shape index (κ1) is 7.21. The largest absolute Gasteiger partial charge is 0.508 e. The van der Waals surface area contributed by atoms with E-state index in [2.05, 4.69) is 0 Å². The second kappa shape index (κ2) is 4.37. The number of aliphatic hydroxyl groups excluding tert-OH is 1. The van der Waals surface area contributed by atoms with Crippen molar-refractivity contribution in [1.29, 1.82) is 0 Å². The molecule has 0 aromatic carbocycles. The van der Waals surface area contributed by atoms with E-state index in [0.29, 0.717) is 0 Å². The Labute approximate surface area is 48.1 Å². The molecule has 0 aromatic heterocycles. The molecule has 0 fully saturated rings. The Kier molecular flexibility index (Phi) is 3.94. The molecule has 0 aliphatic rings. The van der Waals surface area contributed by atoms with Crippen LogP contribution in [-0.2, 0) is 0 Å². The van der Waals surface area contributed by atoms with Crippen molar-refractivity contribution in [2.75, 3.05) is 6.67 Å². The predicted molar refractivity (Wildman–Crippen MR) is 31.5 cm³/mol. The van der Waals surface area contributed by atoms with Crippen LogP contribution in [0.4, 0.5) is 4.39 Å². The zero-order valence-electron chi connectivity index (χ0n) is 4.76. The topological polar surface area (TPSA) is 20.2 Å². The number of hydrogen-bond acceptors (Lipinski definition) is 1. The van der Waals surface area contributed by atoms with E-state index in [-0.39, 0.29) is 5.76 Å². The number of halogens is 1. The molecule has 1 N–H and O–H groups in total. The van der Waals surface area contributed by atoms with Crippen molar-refractivity contribution in [2.45, 2.75) is 6.92 Å². The SMILES string of the molecule is C/C=C\C(O)=C/CF. The van der Waals surface area contributed by atoms with Crippen LogP contribution in [0.2, 0.25) is 0 Å². The lowest BCUT2D eigenvalue weighted by Gasteiger charge is -1.83. The molecule has 0 heterocycles. The summed E-state index contributed by atoms with van der Waals surface area (Å²) in [7, 11) is 0. The molecule has 0 rings (SSSR count). The summed E-state index contributed by atoms with van der Waals surface area (Å²) in [5.41, 5.74) is 0. The molecule has 0 bridgehead atoms. The van der Waals surface area contributed by atoms with Crippen LogP contribution in [0.15, 0.2) is 24.0 Å². The minimum atomic E-state index is -0.615. The summed E-state index contributed by atoms with van der Waals surface area (Å²) in [6, 6.07) is 0. The molecule has 0 aliphatic carbocycles. The van der Waals surface area contributed by atoms with E-state index in [1.807, 2.05) is 0 Å². The fourth-order valence-electron chi connectivity index (χ4n) is 0.318. The van der Waals surface area contributed by atoms with Crippen molar-refractivity contribution in [3.05, 3.63) is 24.0 Å². The molecular weight excluding hydrogens is 107 g/mol. The number of rotatable bonds is 2. The highest BCUT2D eigenvalue weighted by Crippen LogP contribution is 1.89. The predicted octanol–water partition coefficient (Wildman–Crippen LogP) is 1.97. The summed E-state index contributed by atoms with van der Waals surface area (Å²) in [5, 5.41) is 8.58. The Morgan fingerprint density at radius 1 is 1.75 bits per heavy atom. The Hall–Kier alpha value is -0.790. The smallest absolute Gasteiger partial charge is 0.113 e. The molecule has 46 valence electrons. The third kappa shape index (κ3) is 3.40. The molecule has 0 aliphatic heterocycles. The zero-order chi connectivity index (χ0) is 6.41.